The van der Waals surface area contributed by atoms with Crippen LogP contribution in [0, 0.1) is 10.1 Å². The molecule has 1 aromatic rings. The number of hydrogen-bond acceptors (Lipinski definition) is 2. The van der Waals surface area contributed by atoms with Crippen LogP contribution in [0.5, 0.6) is 0 Å². The largest absolute Gasteiger partial charge is 0.358 e. The Bertz CT molecular complexity index is 232. The second-order valence-electron chi connectivity index (χ2n) is 1.43. The average molecular weight is 147 g/mol. The van der Waals surface area contributed by atoms with Crippen molar-refractivity contribution in [3.63, 3.8) is 0 Å². The molecular weight excluding hydrogens is 144 g/mol. The Hall–Kier alpha value is -1.03. The van der Waals surface area contributed by atoms with Crippen molar-refractivity contribution < 1.29 is 4.92 Å². The first-order valence-electron chi connectivity index (χ1n) is 2.19. The molecule has 0 aliphatic rings. The molecule has 1 heterocycles. The highest BCUT2D eigenvalue weighted by Crippen LogP contribution is 2.11. The monoisotopic (exact) mass is 146 g/mol. The first-order valence-corrected chi connectivity index (χ1v) is 2.53. The van der Waals surface area contributed by atoms with E-state index >= 15 is 0 Å². The van der Waals surface area contributed by atoms with Gasteiger partial charge in [-0.3, -0.25) is 0 Å². The number of aromatic nitrogens is 1. The van der Waals surface area contributed by atoms with E-state index in [4.69, 9.17) is 11.8 Å². The van der Waals surface area contributed by atoms with E-state index in [0.717, 1.165) is 4.09 Å². The molecule has 0 spiro atoms. The van der Waals surface area contributed by atoms with Gasteiger partial charge in [-0.15, -0.1) is 4.09 Å². The van der Waals surface area contributed by atoms with E-state index in [0.29, 0.717) is 0 Å². The van der Waals surface area contributed by atoms with Crippen molar-refractivity contribution in [2.45, 2.75) is 0 Å². The van der Waals surface area contributed by atoms with Gasteiger partial charge >= 0.3 is 5.82 Å². The molecule has 4 nitrogen and oxygen atoms in total. The molecule has 0 aromatic carbocycles. The van der Waals surface area contributed by atoms with Gasteiger partial charge in [0.2, 0.25) is 0 Å². The Labute approximate surface area is 55.9 Å². The number of halogens is 1. The van der Waals surface area contributed by atoms with Crippen LogP contribution in [0.25, 0.3) is 0 Å². The van der Waals surface area contributed by atoms with Crippen molar-refractivity contribution in [3.8, 4) is 0 Å². The van der Waals surface area contributed by atoms with Gasteiger partial charge in [-0.2, -0.15) is 0 Å². The van der Waals surface area contributed by atoms with Crippen molar-refractivity contribution in [2.75, 3.05) is 0 Å². The normalized spacial score (nSPS) is 9.44. The Kier molecular flexibility index (Phi) is 1.40. The maximum absolute atomic E-state index is 9.98. The summed E-state index contributed by atoms with van der Waals surface area (Å²) in [6, 6.07) is 2.83. The first kappa shape index (κ1) is 6.10. The average Bonchev–Trinajstić information content (AvgIpc) is 2.13. The predicted octanol–water partition coefficient (Wildman–Crippen LogP) is 1.40. The van der Waals surface area contributed by atoms with Crippen LogP contribution in [0.3, 0.4) is 0 Å². The SMILES string of the molecule is O=[N+]([O-])c1cccn1Cl. The maximum Gasteiger partial charge on any atom is 0.340 e. The van der Waals surface area contributed by atoms with E-state index in [-0.39, 0.29) is 5.82 Å². The quantitative estimate of drug-likeness (QED) is 0.444. The lowest BCUT2D eigenvalue weighted by atomic mass is 10.6. The molecule has 0 amide bonds. The van der Waals surface area contributed by atoms with Crippen molar-refractivity contribution in [2.24, 2.45) is 0 Å². The summed E-state index contributed by atoms with van der Waals surface area (Å²) in [6.07, 6.45) is 1.40. The number of nitrogens with zero attached hydrogens (tertiary/aromatic N) is 2. The molecule has 0 aliphatic heterocycles. The minimum absolute atomic E-state index is 0.114. The predicted molar refractivity (Wildman–Crippen MR) is 32.3 cm³/mol. The summed E-state index contributed by atoms with van der Waals surface area (Å²) in [5.74, 6) is -0.114. The fourth-order valence-corrected chi connectivity index (χ4v) is 0.674. The lowest BCUT2D eigenvalue weighted by Gasteiger charge is -1.88. The molecule has 0 aliphatic carbocycles. The van der Waals surface area contributed by atoms with Gasteiger partial charge in [-0.25, -0.2) is 0 Å². The summed E-state index contributed by atoms with van der Waals surface area (Å²) in [7, 11) is 0. The van der Waals surface area contributed by atoms with E-state index < -0.39 is 4.92 Å². The third-order valence-corrected chi connectivity index (χ3v) is 1.15. The maximum atomic E-state index is 9.98. The van der Waals surface area contributed by atoms with E-state index in [9.17, 15) is 10.1 Å². The molecule has 0 N–H and O–H groups in total. The number of rotatable bonds is 1. The van der Waals surface area contributed by atoms with Crippen molar-refractivity contribution in [1.29, 1.82) is 0 Å². The van der Waals surface area contributed by atoms with Crippen LogP contribution in [0.15, 0.2) is 18.3 Å². The van der Waals surface area contributed by atoms with E-state index in [1.807, 2.05) is 0 Å². The van der Waals surface area contributed by atoms with E-state index in [2.05, 4.69) is 0 Å². The zero-order chi connectivity index (χ0) is 6.85. The molecule has 9 heavy (non-hydrogen) atoms. The zero-order valence-corrected chi connectivity index (χ0v) is 5.08. The number of nitro groups is 1. The molecule has 0 fully saturated rings. The van der Waals surface area contributed by atoms with Gasteiger partial charge in [0.05, 0.1) is 0 Å². The molecule has 0 unspecified atom stereocenters. The summed E-state index contributed by atoms with van der Waals surface area (Å²) in [5.41, 5.74) is 0. The second-order valence-corrected chi connectivity index (χ2v) is 1.80. The Morgan fingerprint density at radius 2 is 2.44 bits per heavy atom. The molecule has 5 heteroatoms. The minimum atomic E-state index is -0.549. The van der Waals surface area contributed by atoms with Crippen LogP contribution in [0.1, 0.15) is 0 Å². The highest BCUT2D eigenvalue weighted by molar-refractivity contribution is 6.16. The van der Waals surface area contributed by atoms with Gasteiger partial charge in [-0.05, 0) is 11.0 Å². The highest BCUT2D eigenvalue weighted by atomic mass is 35.5. The van der Waals surface area contributed by atoms with Crippen molar-refractivity contribution in [1.82, 2.24) is 4.09 Å². The molecule has 0 radical (unpaired) electrons. The first-order chi connectivity index (χ1) is 4.22. The molecule has 48 valence electrons. The third-order valence-electron chi connectivity index (χ3n) is 0.868. The third kappa shape index (κ3) is 1.02. The van der Waals surface area contributed by atoms with Gasteiger partial charge in [0, 0.05) is 6.07 Å². The summed E-state index contributed by atoms with van der Waals surface area (Å²) in [6.45, 7) is 0. The summed E-state index contributed by atoms with van der Waals surface area (Å²) >= 11 is 5.31. The van der Waals surface area contributed by atoms with E-state index in [1.165, 1.54) is 18.3 Å². The fourth-order valence-electron chi connectivity index (χ4n) is 0.491. The fraction of sp³-hybridized carbons (Fsp3) is 0. The lowest BCUT2D eigenvalue weighted by Crippen LogP contribution is -1.90. The summed E-state index contributed by atoms with van der Waals surface area (Å²) < 4.78 is 0.931. The summed E-state index contributed by atoms with van der Waals surface area (Å²) in [4.78, 5) is 9.43. The molecule has 1 rings (SSSR count). The van der Waals surface area contributed by atoms with Gasteiger partial charge in [0.25, 0.3) is 0 Å². The topological polar surface area (TPSA) is 48.1 Å². The summed E-state index contributed by atoms with van der Waals surface area (Å²) in [5, 5.41) is 9.98. The highest BCUT2D eigenvalue weighted by Gasteiger charge is 2.07. The molecule has 0 saturated heterocycles. The molecule has 0 saturated carbocycles. The Morgan fingerprint density at radius 3 is 2.67 bits per heavy atom. The van der Waals surface area contributed by atoms with Gasteiger partial charge in [0.1, 0.15) is 18.0 Å². The standard InChI is InChI=1S/C4H3ClN2O2/c5-6-3-1-2-4(6)7(8)9/h1-3H. The Morgan fingerprint density at radius 1 is 1.78 bits per heavy atom. The van der Waals surface area contributed by atoms with Crippen molar-refractivity contribution in [3.05, 3.63) is 28.4 Å². The van der Waals surface area contributed by atoms with Gasteiger partial charge in [0.15, 0.2) is 0 Å². The van der Waals surface area contributed by atoms with Gasteiger partial charge < -0.3 is 10.1 Å². The molecule has 0 atom stereocenters. The van der Waals surface area contributed by atoms with Gasteiger partial charge in [-0.1, -0.05) is 0 Å². The van der Waals surface area contributed by atoms with E-state index in [1.54, 1.807) is 0 Å². The van der Waals surface area contributed by atoms with Crippen LogP contribution >= 0.6 is 11.8 Å². The van der Waals surface area contributed by atoms with Crippen LogP contribution in [0.2, 0.25) is 0 Å². The molecular formula is C4H3ClN2O2. The minimum Gasteiger partial charge on any atom is -0.358 e. The molecule has 0 bridgehead atoms. The van der Waals surface area contributed by atoms with Crippen LogP contribution in [-0.4, -0.2) is 9.01 Å². The zero-order valence-electron chi connectivity index (χ0n) is 4.32. The second kappa shape index (κ2) is 2.06. The smallest absolute Gasteiger partial charge is 0.340 e. The van der Waals surface area contributed by atoms with Crippen LogP contribution < -0.4 is 0 Å². The van der Waals surface area contributed by atoms with Crippen molar-refractivity contribution >= 4 is 17.6 Å². The van der Waals surface area contributed by atoms with Crippen LogP contribution in [-0.2, 0) is 0 Å². The number of hydrogen-bond donors (Lipinski definition) is 0. The lowest BCUT2D eigenvalue weighted by molar-refractivity contribution is -0.390. The Balaban J connectivity index is 3.08. The molecule has 1 aromatic heterocycles. The van der Waals surface area contributed by atoms with Crippen LogP contribution in [0.4, 0.5) is 5.82 Å².